The molecule has 0 amide bonds. The third-order valence-electron chi connectivity index (χ3n) is 4.65. The lowest BCUT2D eigenvalue weighted by atomic mass is 10.1. The number of carboxylic acid groups (broad SMARTS) is 1. The molecule has 4 rings (SSSR count). The predicted molar refractivity (Wildman–Crippen MR) is 126 cm³/mol. The van der Waals surface area contributed by atoms with E-state index in [1.54, 1.807) is 49.4 Å². The number of nitrogens with zero attached hydrogens (tertiary/aromatic N) is 2. The fourth-order valence-corrected chi connectivity index (χ4v) is 4.65. The minimum absolute atomic E-state index is 0.0371. The lowest BCUT2D eigenvalue weighted by Crippen LogP contribution is -2.15. The number of anilines is 1. The van der Waals surface area contributed by atoms with Crippen molar-refractivity contribution in [2.24, 2.45) is 0 Å². The van der Waals surface area contributed by atoms with Crippen LogP contribution in [0.25, 0.3) is 10.9 Å². The minimum atomic E-state index is -4.04. The van der Waals surface area contributed by atoms with E-state index >= 15 is 0 Å². The Bertz CT molecular complexity index is 1560. The maximum Gasteiger partial charge on any atom is 0.354 e. The molecule has 0 fully saturated rings. The minimum Gasteiger partial charge on any atom is -0.477 e. The number of carbonyl (C=O) groups is 1. The molecule has 0 unspecified atom stereocenters. The van der Waals surface area contributed by atoms with Crippen molar-refractivity contribution in [3.63, 3.8) is 0 Å². The van der Waals surface area contributed by atoms with Crippen LogP contribution in [0.1, 0.15) is 27.3 Å². The van der Waals surface area contributed by atoms with Crippen LogP contribution in [-0.2, 0) is 10.0 Å². The second-order valence-corrected chi connectivity index (χ2v) is 9.15. The number of nitrogens with one attached hydrogen (secondary N) is 1. The summed E-state index contributed by atoms with van der Waals surface area (Å²) in [5.41, 5.74) is 2.10. The van der Waals surface area contributed by atoms with Crippen LogP contribution in [0, 0.1) is 18.8 Å². The first-order valence-corrected chi connectivity index (χ1v) is 11.5. The van der Waals surface area contributed by atoms with E-state index in [2.05, 4.69) is 26.5 Å². The molecule has 0 saturated heterocycles. The molecule has 4 aromatic rings. The Morgan fingerprint density at radius 3 is 2.58 bits per heavy atom. The monoisotopic (exact) mass is 477 g/mol. The fraction of sp³-hybridized carbons (Fsp3) is 0.0417. The summed E-state index contributed by atoms with van der Waals surface area (Å²) in [5, 5.41) is 9.83. The van der Waals surface area contributed by atoms with Gasteiger partial charge in [-0.3, -0.25) is 9.71 Å². The first kappa shape index (κ1) is 22.3. The van der Waals surface area contributed by atoms with Crippen molar-refractivity contribution in [3.8, 4) is 11.8 Å². The van der Waals surface area contributed by atoms with Gasteiger partial charge in [0.1, 0.15) is 10.6 Å². The molecule has 2 N–H and O–H groups in total. The van der Waals surface area contributed by atoms with Crippen molar-refractivity contribution >= 4 is 44.2 Å². The zero-order valence-corrected chi connectivity index (χ0v) is 18.8. The molecule has 2 aromatic heterocycles. The number of hydrogen-bond acceptors (Lipinski definition) is 5. The van der Waals surface area contributed by atoms with E-state index < -0.39 is 16.0 Å². The molecule has 0 radical (unpaired) electrons. The van der Waals surface area contributed by atoms with Crippen molar-refractivity contribution in [2.75, 3.05) is 4.72 Å². The highest BCUT2D eigenvalue weighted by atomic mass is 35.5. The number of rotatable bonds is 4. The first-order chi connectivity index (χ1) is 15.7. The van der Waals surface area contributed by atoms with Crippen LogP contribution in [0.15, 0.2) is 71.8 Å². The molecule has 0 aliphatic rings. The van der Waals surface area contributed by atoms with Crippen molar-refractivity contribution in [3.05, 3.63) is 94.4 Å². The maximum atomic E-state index is 13.3. The van der Waals surface area contributed by atoms with E-state index in [9.17, 15) is 13.2 Å². The Hall–Kier alpha value is -3.93. The third-order valence-corrected chi connectivity index (χ3v) is 6.24. The third kappa shape index (κ3) is 4.95. The number of carboxylic acids is 1. The lowest BCUT2D eigenvalue weighted by molar-refractivity contribution is 0.0690. The number of benzene rings is 2. The number of pyridine rings is 2. The second kappa shape index (κ2) is 8.90. The van der Waals surface area contributed by atoms with Gasteiger partial charge in [-0.25, -0.2) is 18.2 Å². The quantitative estimate of drug-likeness (QED) is 0.419. The summed E-state index contributed by atoms with van der Waals surface area (Å²) < 4.78 is 29.1. The maximum absolute atomic E-state index is 13.3. The van der Waals surface area contributed by atoms with Gasteiger partial charge in [0.15, 0.2) is 0 Å². The van der Waals surface area contributed by atoms with Crippen LogP contribution in [0.3, 0.4) is 0 Å². The highest BCUT2D eigenvalue weighted by molar-refractivity contribution is 7.93. The molecular formula is C24H16ClN3O4S. The van der Waals surface area contributed by atoms with E-state index in [4.69, 9.17) is 16.7 Å². The molecule has 2 heterocycles. The Balaban J connectivity index is 1.71. The van der Waals surface area contributed by atoms with Crippen molar-refractivity contribution in [1.29, 1.82) is 0 Å². The lowest BCUT2D eigenvalue weighted by Gasteiger charge is -2.12. The standard InChI is InChI=1S/C24H16ClN3O4S/c1-15-6-9-18-12-19(25)13-22(23(18)27-15)33(31,32)28-20-5-3-2-4-17(20)10-7-16-8-11-21(24(29)30)26-14-16/h2-6,8-9,11-14,28H,1H3,(H,29,30). The fourth-order valence-electron chi connectivity index (χ4n) is 3.08. The molecule has 0 atom stereocenters. The topological polar surface area (TPSA) is 109 Å². The van der Waals surface area contributed by atoms with Gasteiger partial charge in [0.05, 0.1) is 11.2 Å². The number of sulfonamides is 1. The smallest absolute Gasteiger partial charge is 0.354 e. The highest BCUT2D eigenvalue weighted by Crippen LogP contribution is 2.28. The molecule has 0 aliphatic carbocycles. The van der Waals surface area contributed by atoms with Crippen molar-refractivity contribution in [1.82, 2.24) is 9.97 Å². The van der Waals surface area contributed by atoms with Crippen LogP contribution in [-0.4, -0.2) is 29.5 Å². The van der Waals surface area contributed by atoms with Gasteiger partial charge in [-0.1, -0.05) is 41.6 Å². The van der Waals surface area contributed by atoms with Crippen LogP contribution < -0.4 is 4.72 Å². The molecule has 164 valence electrons. The number of aromatic carboxylic acids is 1. The van der Waals surface area contributed by atoms with Gasteiger partial charge in [0, 0.05) is 33.4 Å². The van der Waals surface area contributed by atoms with Gasteiger partial charge in [0.25, 0.3) is 10.0 Å². The molecule has 0 saturated carbocycles. The zero-order valence-electron chi connectivity index (χ0n) is 17.2. The van der Waals surface area contributed by atoms with Gasteiger partial charge < -0.3 is 5.11 Å². The number of fused-ring (bicyclic) bond motifs is 1. The van der Waals surface area contributed by atoms with Gasteiger partial charge >= 0.3 is 5.97 Å². The molecule has 7 nitrogen and oxygen atoms in total. The molecule has 33 heavy (non-hydrogen) atoms. The molecule has 2 aromatic carbocycles. The predicted octanol–water partition coefficient (Wildman–Crippen LogP) is 4.49. The number of aromatic nitrogens is 2. The summed E-state index contributed by atoms with van der Waals surface area (Å²) >= 11 is 6.17. The summed E-state index contributed by atoms with van der Waals surface area (Å²) in [6.07, 6.45) is 1.34. The van der Waals surface area contributed by atoms with Crippen LogP contribution in [0.4, 0.5) is 5.69 Å². The van der Waals surface area contributed by atoms with E-state index in [-0.39, 0.29) is 21.3 Å². The van der Waals surface area contributed by atoms with Crippen molar-refractivity contribution < 1.29 is 18.3 Å². The number of hydrogen-bond donors (Lipinski definition) is 2. The number of halogens is 1. The molecule has 0 bridgehead atoms. The summed E-state index contributed by atoms with van der Waals surface area (Å²) in [7, 11) is -4.04. The Kier molecular flexibility index (Phi) is 6.01. The average molecular weight is 478 g/mol. The Labute approximate surface area is 195 Å². The number of para-hydroxylation sites is 1. The van der Waals surface area contributed by atoms with E-state index in [1.165, 1.54) is 24.4 Å². The van der Waals surface area contributed by atoms with Crippen LogP contribution in [0.5, 0.6) is 0 Å². The second-order valence-electron chi connectivity index (χ2n) is 7.07. The normalized spacial score (nSPS) is 11.0. The first-order valence-electron chi connectivity index (χ1n) is 9.63. The molecular weight excluding hydrogens is 462 g/mol. The molecule has 9 heteroatoms. The SMILES string of the molecule is Cc1ccc2cc(Cl)cc(S(=O)(=O)Nc3ccccc3C#Cc3ccc(C(=O)O)nc3)c2n1. The number of aryl methyl sites for hydroxylation is 1. The van der Waals surface area contributed by atoms with Crippen molar-refractivity contribution in [2.45, 2.75) is 11.8 Å². The van der Waals surface area contributed by atoms with Crippen LogP contribution in [0.2, 0.25) is 5.02 Å². The van der Waals surface area contributed by atoms with E-state index in [0.717, 1.165) is 0 Å². The van der Waals surface area contributed by atoms with Crippen LogP contribution >= 0.6 is 11.6 Å². The summed E-state index contributed by atoms with van der Waals surface area (Å²) in [6, 6.07) is 16.1. The molecule has 0 spiro atoms. The van der Waals surface area contributed by atoms with Gasteiger partial charge in [-0.15, -0.1) is 0 Å². The zero-order chi connectivity index (χ0) is 23.6. The average Bonchev–Trinajstić information content (AvgIpc) is 2.78. The van der Waals surface area contributed by atoms with E-state index in [0.29, 0.717) is 27.7 Å². The Morgan fingerprint density at radius 1 is 1.06 bits per heavy atom. The van der Waals surface area contributed by atoms with Gasteiger partial charge in [-0.2, -0.15) is 0 Å². The summed E-state index contributed by atoms with van der Waals surface area (Å²) in [5.74, 6) is 4.64. The summed E-state index contributed by atoms with van der Waals surface area (Å²) in [4.78, 5) is 19.1. The van der Waals surface area contributed by atoms with E-state index in [1.807, 2.05) is 0 Å². The largest absolute Gasteiger partial charge is 0.477 e. The molecule has 0 aliphatic heterocycles. The Morgan fingerprint density at radius 2 is 1.85 bits per heavy atom. The van der Waals surface area contributed by atoms with Gasteiger partial charge in [-0.05, 0) is 49.4 Å². The highest BCUT2D eigenvalue weighted by Gasteiger charge is 2.21. The summed E-state index contributed by atoms with van der Waals surface area (Å²) in [6.45, 7) is 1.78. The van der Waals surface area contributed by atoms with Gasteiger partial charge in [0.2, 0.25) is 0 Å².